The maximum atomic E-state index is 13.8. The van der Waals surface area contributed by atoms with Gasteiger partial charge in [0.25, 0.3) is 0 Å². The molecule has 0 aromatic heterocycles. The van der Waals surface area contributed by atoms with Crippen LogP contribution in [0.1, 0.15) is 13.3 Å². The minimum atomic E-state index is -3.53. The summed E-state index contributed by atoms with van der Waals surface area (Å²) >= 11 is 0. The number of amides is 2. The Morgan fingerprint density at radius 3 is 2.20 bits per heavy atom. The molecule has 0 saturated carbocycles. The summed E-state index contributed by atoms with van der Waals surface area (Å²) in [5, 5.41) is 4.66. The summed E-state index contributed by atoms with van der Waals surface area (Å²) in [5.74, 6) is -1.88. The van der Waals surface area contributed by atoms with Crippen molar-refractivity contribution in [3.8, 4) is 11.1 Å². The van der Waals surface area contributed by atoms with Crippen LogP contribution in [0, 0.1) is 11.6 Å². The highest BCUT2D eigenvalue weighted by Gasteiger charge is 2.18. The highest BCUT2D eigenvalue weighted by molar-refractivity contribution is 7.91. The highest BCUT2D eigenvalue weighted by atomic mass is 32.2. The molecule has 8 heteroatoms. The van der Waals surface area contributed by atoms with Gasteiger partial charge in [-0.2, -0.15) is 0 Å². The van der Waals surface area contributed by atoms with E-state index in [9.17, 15) is 22.0 Å². The predicted molar refractivity (Wildman–Crippen MR) is 113 cm³/mol. The molecule has 2 N–H and O–H groups in total. The van der Waals surface area contributed by atoms with Crippen molar-refractivity contribution in [2.24, 2.45) is 0 Å². The Labute approximate surface area is 173 Å². The number of benzene rings is 3. The van der Waals surface area contributed by atoms with Gasteiger partial charge in [0.2, 0.25) is 0 Å². The standard InChI is InChI=1S/C22H20F2N2O3S/c1-2-13-30(28,29)16-11-12-17(15-7-4-3-5-8-15)20(14-16)25-22(27)26-21-18(23)9-6-10-19(21)24/h3-12,14H,2,13H2,1H3,(H2,25,26,27). The summed E-state index contributed by atoms with van der Waals surface area (Å²) in [6.45, 7) is 1.76. The third kappa shape index (κ3) is 4.83. The Hall–Kier alpha value is -3.26. The van der Waals surface area contributed by atoms with Crippen molar-refractivity contribution in [3.63, 3.8) is 0 Å². The molecular weight excluding hydrogens is 410 g/mol. The van der Waals surface area contributed by atoms with Crippen molar-refractivity contribution in [1.29, 1.82) is 0 Å². The zero-order valence-electron chi connectivity index (χ0n) is 16.2. The number of rotatable bonds is 6. The van der Waals surface area contributed by atoms with Crippen molar-refractivity contribution in [3.05, 3.63) is 78.4 Å². The largest absolute Gasteiger partial charge is 0.323 e. The molecule has 30 heavy (non-hydrogen) atoms. The molecule has 0 aliphatic carbocycles. The first-order chi connectivity index (χ1) is 14.3. The lowest BCUT2D eigenvalue weighted by Crippen LogP contribution is -2.21. The number of hydrogen-bond acceptors (Lipinski definition) is 3. The maximum Gasteiger partial charge on any atom is 0.323 e. The summed E-state index contributed by atoms with van der Waals surface area (Å²) in [4.78, 5) is 12.5. The van der Waals surface area contributed by atoms with E-state index in [1.807, 2.05) is 6.07 Å². The van der Waals surface area contributed by atoms with E-state index in [1.165, 1.54) is 18.2 Å². The Morgan fingerprint density at radius 2 is 1.57 bits per heavy atom. The third-order valence-corrected chi connectivity index (χ3v) is 6.28. The van der Waals surface area contributed by atoms with Crippen LogP contribution in [0.5, 0.6) is 0 Å². The van der Waals surface area contributed by atoms with Gasteiger partial charge in [-0.25, -0.2) is 22.0 Å². The van der Waals surface area contributed by atoms with Gasteiger partial charge in [0, 0.05) is 5.56 Å². The number of halogens is 2. The second-order valence-electron chi connectivity index (χ2n) is 6.57. The molecule has 156 valence electrons. The van der Waals surface area contributed by atoms with Gasteiger partial charge in [0.1, 0.15) is 17.3 Å². The summed E-state index contributed by atoms with van der Waals surface area (Å²) in [6, 6.07) is 15.8. The third-order valence-electron chi connectivity index (χ3n) is 4.36. The minimum Gasteiger partial charge on any atom is -0.307 e. The van der Waals surface area contributed by atoms with Crippen LogP contribution in [-0.4, -0.2) is 20.2 Å². The molecule has 0 bridgehead atoms. The number of sulfone groups is 1. The van der Waals surface area contributed by atoms with E-state index in [2.05, 4.69) is 10.6 Å². The van der Waals surface area contributed by atoms with Crippen molar-refractivity contribution >= 4 is 27.2 Å². The van der Waals surface area contributed by atoms with E-state index in [-0.39, 0.29) is 16.3 Å². The average Bonchev–Trinajstić information content (AvgIpc) is 2.71. The highest BCUT2D eigenvalue weighted by Crippen LogP contribution is 2.31. The van der Waals surface area contributed by atoms with Crippen molar-refractivity contribution in [1.82, 2.24) is 0 Å². The molecule has 0 fully saturated rings. The first-order valence-corrected chi connectivity index (χ1v) is 10.9. The number of nitrogens with one attached hydrogen (secondary N) is 2. The summed E-state index contributed by atoms with van der Waals surface area (Å²) < 4.78 is 52.6. The molecule has 0 radical (unpaired) electrons. The molecule has 0 atom stereocenters. The van der Waals surface area contributed by atoms with Gasteiger partial charge in [0.05, 0.1) is 16.3 Å². The van der Waals surface area contributed by atoms with Gasteiger partial charge in [-0.05, 0) is 36.2 Å². The number of anilines is 2. The minimum absolute atomic E-state index is 0.0379. The number of hydrogen-bond donors (Lipinski definition) is 2. The second kappa shape index (κ2) is 9.04. The van der Waals surface area contributed by atoms with Crippen LogP contribution in [0.2, 0.25) is 0 Å². The smallest absolute Gasteiger partial charge is 0.307 e. The normalized spacial score (nSPS) is 11.2. The first kappa shape index (κ1) is 21.4. The monoisotopic (exact) mass is 430 g/mol. The zero-order chi connectivity index (χ0) is 21.7. The molecule has 0 saturated heterocycles. The molecule has 5 nitrogen and oxygen atoms in total. The fourth-order valence-electron chi connectivity index (χ4n) is 2.96. The Morgan fingerprint density at radius 1 is 0.900 bits per heavy atom. The molecule has 3 rings (SSSR count). The van der Waals surface area contributed by atoms with Crippen LogP contribution in [0.15, 0.2) is 71.6 Å². The molecule has 3 aromatic rings. The van der Waals surface area contributed by atoms with E-state index < -0.39 is 33.2 Å². The van der Waals surface area contributed by atoms with Gasteiger partial charge < -0.3 is 10.6 Å². The Bertz CT molecular complexity index is 1150. The van der Waals surface area contributed by atoms with Gasteiger partial charge in [0.15, 0.2) is 9.84 Å². The number of urea groups is 1. The van der Waals surface area contributed by atoms with E-state index in [0.717, 1.165) is 17.7 Å². The molecular formula is C22H20F2N2O3S. The van der Waals surface area contributed by atoms with Gasteiger partial charge in [-0.3, -0.25) is 0 Å². The van der Waals surface area contributed by atoms with E-state index in [0.29, 0.717) is 12.0 Å². The quantitative estimate of drug-likeness (QED) is 0.545. The molecule has 0 spiro atoms. The van der Waals surface area contributed by atoms with Gasteiger partial charge in [-0.1, -0.05) is 49.4 Å². The number of carbonyl (C=O) groups is 1. The second-order valence-corrected chi connectivity index (χ2v) is 8.68. The lowest BCUT2D eigenvalue weighted by Gasteiger charge is -2.15. The topological polar surface area (TPSA) is 75.3 Å². The van der Waals surface area contributed by atoms with Crippen LogP contribution in [0.25, 0.3) is 11.1 Å². The Balaban J connectivity index is 1.99. The summed E-state index contributed by atoms with van der Waals surface area (Å²) in [7, 11) is -3.53. The molecule has 0 aliphatic rings. The predicted octanol–water partition coefficient (Wildman–Crippen LogP) is 5.46. The van der Waals surface area contributed by atoms with E-state index in [4.69, 9.17) is 0 Å². The van der Waals surface area contributed by atoms with Crippen LogP contribution >= 0.6 is 0 Å². The van der Waals surface area contributed by atoms with Gasteiger partial charge >= 0.3 is 6.03 Å². The SMILES string of the molecule is CCCS(=O)(=O)c1ccc(-c2ccccc2)c(NC(=O)Nc2c(F)cccc2F)c1. The fourth-order valence-corrected chi connectivity index (χ4v) is 4.31. The maximum absolute atomic E-state index is 13.8. The van der Waals surface area contributed by atoms with Crippen molar-refractivity contribution < 1.29 is 22.0 Å². The number of carbonyl (C=O) groups excluding carboxylic acids is 1. The van der Waals surface area contributed by atoms with Crippen LogP contribution < -0.4 is 10.6 Å². The lowest BCUT2D eigenvalue weighted by molar-refractivity contribution is 0.262. The van der Waals surface area contributed by atoms with Gasteiger partial charge in [-0.15, -0.1) is 0 Å². The summed E-state index contributed by atoms with van der Waals surface area (Å²) in [6.07, 6.45) is 0.443. The fraction of sp³-hybridized carbons (Fsp3) is 0.136. The zero-order valence-corrected chi connectivity index (χ0v) is 17.0. The first-order valence-electron chi connectivity index (χ1n) is 9.26. The van der Waals surface area contributed by atoms with E-state index in [1.54, 1.807) is 37.3 Å². The molecule has 3 aromatic carbocycles. The lowest BCUT2D eigenvalue weighted by atomic mass is 10.0. The molecule has 0 unspecified atom stereocenters. The molecule has 0 heterocycles. The van der Waals surface area contributed by atoms with Crippen LogP contribution in [-0.2, 0) is 9.84 Å². The molecule has 0 aliphatic heterocycles. The van der Waals surface area contributed by atoms with Crippen LogP contribution in [0.3, 0.4) is 0 Å². The van der Waals surface area contributed by atoms with Crippen molar-refractivity contribution in [2.75, 3.05) is 16.4 Å². The Kier molecular flexibility index (Phi) is 6.47. The summed E-state index contributed by atoms with van der Waals surface area (Å²) in [5.41, 5.74) is 0.915. The number of para-hydroxylation sites is 1. The van der Waals surface area contributed by atoms with Crippen LogP contribution in [0.4, 0.5) is 25.0 Å². The van der Waals surface area contributed by atoms with Crippen molar-refractivity contribution in [2.45, 2.75) is 18.2 Å². The van der Waals surface area contributed by atoms with E-state index >= 15 is 0 Å². The molecule has 2 amide bonds. The average molecular weight is 430 g/mol.